The number of benzene rings is 2. The Kier molecular flexibility index (Phi) is 4.07. The molecule has 0 saturated carbocycles. The van der Waals surface area contributed by atoms with Gasteiger partial charge in [0, 0.05) is 0 Å². The number of hydrazine groups is 1. The van der Waals surface area contributed by atoms with Gasteiger partial charge in [0.1, 0.15) is 5.82 Å². The Morgan fingerprint density at radius 1 is 1.17 bits per heavy atom. The van der Waals surface area contributed by atoms with Crippen LogP contribution in [0.15, 0.2) is 48.5 Å². The smallest absolute Gasteiger partial charge is 0.123 e. The number of hydrogen-bond acceptors (Lipinski definition) is 2. The third-order valence-corrected chi connectivity index (χ3v) is 3.10. The normalized spacial score (nSPS) is 12.4. The quantitative estimate of drug-likeness (QED) is 0.641. The van der Waals surface area contributed by atoms with Gasteiger partial charge in [-0.15, -0.1) is 0 Å². The molecule has 2 nitrogen and oxygen atoms in total. The van der Waals surface area contributed by atoms with E-state index >= 15 is 0 Å². The lowest BCUT2D eigenvalue weighted by Gasteiger charge is -2.20. The van der Waals surface area contributed by atoms with Gasteiger partial charge in [-0.2, -0.15) is 0 Å². The van der Waals surface area contributed by atoms with E-state index in [-0.39, 0.29) is 11.9 Å². The molecular formula is C15H17FN2. The number of nitrogens with two attached hydrogens (primary N) is 1. The number of halogens is 1. The van der Waals surface area contributed by atoms with E-state index in [9.17, 15) is 4.39 Å². The molecule has 0 aliphatic carbocycles. The van der Waals surface area contributed by atoms with Crippen LogP contribution in [0.5, 0.6) is 0 Å². The maximum atomic E-state index is 13.3. The van der Waals surface area contributed by atoms with Crippen molar-refractivity contribution in [2.24, 2.45) is 5.84 Å². The van der Waals surface area contributed by atoms with Crippen molar-refractivity contribution in [2.45, 2.75) is 19.4 Å². The van der Waals surface area contributed by atoms with Gasteiger partial charge in [0.15, 0.2) is 0 Å². The lowest BCUT2D eigenvalue weighted by molar-refractivity contribution is 0.603. The molecule has 94 valence electrons. The van der Waals surface area contributed by atoms with Crippen LogP contribution in [0, 0.1) is 5.82 Å². The molecule has 2 aromatic carbocycles. The van der Waals surface area contributed by atoms with Crippen LogP contribution in [0.4, 0.5) is 4.39 Å². The first-order chi connectivity index (χ1) is 8.76. The average Bonchev–Trinajstić information content (AvgIpc) is 2.40. The van der Waals surface area contributed by atoms with Gasteiger partial charge in [0.25, 0.3) is 0 Å². The molecule has 0 bridgehead atoms. The largest absolute Gasteiger partial charge is 0.271 e. The Labute approximate surface area is 107 Å². The molecule has 0 fully saturated rings. The van der Waals surface area contributed by atoms with Crippen LogP contribution < -0.4 is 11.3 Å². The Morgan fingerprint density at radius 2 is 1.94 bits per heavy atom. The maximum Gasteiger partial charge on any atom is 0.123 e. The lowest BCUT2D eigenvalue weighted by atomic mass is 9.94. The predicted octanol–water partition coefficient (Wildman–Crippen LogP) is 2.94. The predicted molar refractivity (Wildman–Crippen MR) is 71.4 cm³/mol. The van der Waals surface area contributed by atoms with Gasteiger partial charge >= 0.3 is 0 Å². The molecule has 3 heteroatoms. The summed E-state index contributed by atoms with van der Waals surface area (Å²) in [6, 6.07) is 14.4. The van der Waals surface area contributed by atoms with Gasteiger partial charge < -0.3 is 0 Å². The molecular weight excluding hydrogens is 227 g/mol. The molecule has 0 spiro atoms. The van der Waals surface area contributed by atoms with E-state index in [1.165, 1.54) is 17.7 Å². The third kappa shape index (κ3) is 2.58. The van der Waals surface area contributed by atoms with E-state index in [1.54, 1.807) is 6.07 Å². The van der Waals surface area contributed by atoms with Crippen molar-refractivity contribution < 1.29 is 4.39 Å². The van der Waals surface area contributed by atoms with Crippen LogP contribution in [-0.4, -0.2) is 0 Å². The van der Waals surface area contributed by atoms with Crippen LogP contribution in [0.2, 0.25) is 0 Å². The zero-order valence-corrected chi connectivity index (χ0v) is 10.4. The fourth-order valence-corrected chi connectivity index (χ4v) is 2.19. The van der Waals surface area contributed by atoms with Crippen molar-refractivity contribution in [3.8, 4) is 0 Å². The molecule has 0 aliphatic rings. The molecule has 0 amide bonds. The summed E-state index contributed by atoms with van der Waals surface area (Å²) in [4.78, 5) is 0. The van der Waals surface area contributed by atoms with Crippen molar-refractivity contribution in [3.63, 3.8) is 0 Å². The van der Waals surface area contributed by atoms with E-state index in [0.717, 1.165) is 17.5 Å². The first-order valence-electron chi connectivity index (χ1n) is 6.05. The van der Waals surface area contributed by atoms with Crippen molar-refractivity contribution in [3.05, 3.63) is 71.0 Å². The minimum atomic E-state index is -0.248. The highest BCUT2D eigenvalue weighted by Crippen LogP contribution is 2.25. The fourth-order valence-electron chi connectivity index (χ4n) is 2.19. The second kappa shape index (κ2) is 5.76. The third-order valence-electron chi connectivity index (χ3n) is 3.10. The van der Waals surface area contributed by atoms with Crippen molar-refractivity contribution in [1.29, 1.82) is 0 Å². The van der Waals surface area contributed by atoms with Gasteiger partial charge in [0.2, 0.25) is 0 Å². The summed E-state index contributed by atoms with van der Waals surface area (Å²) in [5.41, 5.74) is 5.91. The summed E-state index contributed by atoms with van der Waals surface area (Å²) >= 11 is 0. The highest BCUT2D eigenvalue weighted by molar-refractivity contribution is 5.37. The van der Waals surface area contributed by atoms with Crippen molar-refractivity contribution in [2.75, 3.05) is 0 Å². The van der Waals surface area contributed by atoms with Gasteiger partial charge in [-0.1, -0.05) is 43.3 Å². The minimum absolute atomic E-state index is 0.183. The standard InChI is InChI=1S/C15H17FN2/c1-2-11-6-3-4-9-14(11)15(18-17)12-7-5-8-13(16)10-12/h3-10,15,18H,2,17H2,1H3. The maximum absolute atomic E-state index is 13.3. The zero-order valence-electron chi connectivity index (χ0n) is 10.4. The molecule has 0 saturated heterocycles. The summed E-state index contributed by atoms with van der Waals surface area (Å²) in [6.07, 6.45) is 0.920. The summed E-state index contributed by atoms with van der Waals surface area (Å²) in [7, 11) is 0. The van der Waals surface area contributed by atoms with E-state index in [2.05, 4.69) is 18.4 Å². The number of rotatable bonds is 4. The second-order valence-corrected chi connectivity index (χ2v) is 4.21. The van der Waals surface area contributed by atoms with Crippen LogP contribution in [-0.2, 0) is 6.42 Å². The molecule has 0 aliphatic heterocycles. The summed E-state index contributed by atoms with van der Waals surface area (Å²) in [6.45, 7) is 2.10. The van der Waals surface area contributed by atoms with Crippen LogP contribution >= 0.6 is 0 Å². The number of hydrogen-bond donors (Lipinski definition) is 2. The van der Waals surface area contributed by atoms with Gasteiger partial charge in [0.05, 0.1) is 6.04 Å². The second-order valence-electron chi connectivity index (χ2n) is 4.21. The molecule has 0 radical (unpaired) electrons. The first kappa shape index (κ1) is 12.7. The van der Waals surface area contributed by atoms with Crippen LogP contribution in [0.1, 0.15) is 29.7 Å². The molecule has 2 rings (SSSR count). The Bertz CT molecular complexity index is 525. The molecule has 2 aromatic rings. The molecule has 3 N–H and O–H groups in total. The van der Waals surface area contributed by atoms with Crippen molar-refractivity contribution >= 4 is 0 Å². The van der Waals surface area contributed by atoms with Crippen molar-refractivity contribution in [1.82, 2.24) is 5.43 Å². The zero-order chi connectivity index (χ0) is 13.0. The van der Waals surface area contributed by atoms with Gasteiger partial charge in [-0.3, -0.25) is 5.84 Å². The highest BCUT2D eigenvalue weighted by atomic mass is 19.1. The number of aryl methyl sites for hydroxylation is 1. The summed E-state index contributed by atoms with van der Waals surface area (Å²) in [5, 5.41) is 0. The molecule has 0 aromatic heterocycles. The topological polar surface area (TPSA) is 38.0 Å². The van der Waals surface area contributed by atoms with Crippen LogP contribution in [0.25, 0.3) is 0 Å². The van der Waals surface area contributed by atoms with E-state index in [0.29, 0.717) is 0 Å². The summed E-state index contributed by atoms with van der Waals surface area (Å²) < 4.78 is 13.3. The van der Waals surface area contributed by atoms with E-state index < -0.39 is 0 Å². The van der Waals surface area contributed by atoms with Crippen LogP contribution in [0.3, 0.4) is 0 Å². The SMILES string of the molecule is CCc1ccccc1C(NN)c1cccc(F)c1. The summed E-state index contributed by atoms with van der Waals surface area (Å²) in [5.74, 6) is 5.39. The molecule has 0 heterocycles. The lowest BCUT2D eigenvalue weighted by Crippen LogP contribution is -2.29. The Hall–Kier alpha value is -1.71. The van der Waals surface area contributed by atoms with Gasteiger partial charge in [-0.25, -0.2) is 9.82 Å². The monoisotopic (exact) mass is 244 g/mol. The number of nitrogens with one attached hydrogen (secondary N) is 1. The average molecular weight is 244 g/mol. The molecule has 1 unspecified atom stereocenters. The first-order valence-corrected chi connectivity index (χ1v) is 6.05. The molecule has 18 heavy (non-hydrogen) atoms. The van der Waals surface area contributed by atoms with Gasteiger partial charge in [-0.05, 0) is 35.2 Å². The Balaban J connectivity index is 2.45. The van der Waals surface area contributed by atoms with E-state index in [4.69, 9.17) is 5.84 Å². The van der Waals surface area contributed by atoms with E-state index in [1.807, 2.05) is 24.3 Å². The molecule has 1 atom stereocenters. The Morgan fingerprint density at radius 3 is 2.61 bits per heavy atom. The fraction of sp³-hybridized carbons (Fsp3) is 0.200. The highest BCUT2D eigenvalue weighted by Gasteiger charge is 2.15. The minimum Gasteiger partial charge on any atom is -0.271 e.